The van der Waals surface area contributed by atoms with Crippen LogP contribution in [0.15, 0.2) is 4.99 Å². The molecule has 1 atom stereocenters. The molecule has 0 saturated carbocycles. The van der Waals surface area contributed by atoms with E-state index in [1.54, 1.807) is 0 Å². The fraction of sp³-hybridized carbons (Fsp3) is 0.909. The number of rotatable bonds is 6. The van der Waals surface area contributed by atoms with Crippen LogP contribution >= 0.6 is 0 Å². The van der Waals surface area contributed by atoms with Crippen LogP contribution in [-0.4, -0.2) is 51.0 Å². The molecule has 7 heteroatoms. The maximum atomic E-state index is 12.2. The first kappa shape index (κ1) is 15.3. The van der Waals surface area contributed by atoms with Gasteiger partial charge in [-0.1, -0.05) is 6.42 Å². The smallest absolute Gasteiger partial charge is 0.236 e. The molecule has 0 aromatic heterocycles. The number of sulfonamides is 1. The highest BCUT2D eigenvalue weighted by molar-refractivity contribution is 7.89. The van der Waals surface area contributed by atoms with Gasteiger partial charge < -0.3 is 4.74 Å². The first-order valence-electron chi connectivity index (χ1n) is 6.17. The normalized spacial score (nSPS) is 22.2. The molecule has 0 aromatic rings. The minimum atomic E-state index is -3.37. The summed E-state index contributed by atoms with van der Waals surface area (Å²) in [6.07, 6.45) is 4.62. The molecule has 1 aliphatic rings. The molecule has 0 spiro atoms. The number of nitrogens with zero attached hydrogens (tertiary/aromatic N) is 2. The third-order valence-corrected chi connectivity index (χ3v) is 4.93. The molecule has 1 aliphatic heterocycles. The van der Waals surface area contributed by atoms with E-state index in [-0.39, 0.29) is 5.75 Å². The Kier molecular flexibility index (Phi) is 6.49. The monoisotopic (exact) mass is 276 g/mol. The second-order valence-electron chi connectivity index (χ2n) is 4.32. The van der Waals surface area contributed by atoms with E-state index in [0.717, 1.165) is 19.3 Å². The van der Waals surface area contributed by atoms with Crippen molar-refractivity contribution in [2.45, 2.75) is 38.3 Å². The van der Waals surface area contributed by atoms with Crippen molar-refractivity contribution in [2.24, 2.45) is 4.99 Å². The lowest BCUT2D eigenvalue weighted by atomic mass is 10.2. The maximum Gasteiger partial charge on any atom is 0.236 e. The summed E-state index contributed by atoms with van der Waals surface area (Å²) in [5.41, 5.74) is 0. The Morgan fingerprint density at radius 2 is 2.17 bits per heavy atom. The molecule has 1 rings (SSSR count). The molecule has 0 N–H and O–H groups in total. The van der Waals surface area contributed by atoms with Gasteiger partial charge in [0.2, 0.25) is 16.1 Å². The molecule has 0 bridgehead atoms. The predicted molar refractivity (Wildman–Crippen MR) is 67.4 cm³/mol. The minimum Gasteiger partial charge on any atom is -0.385 e. The van der Waals surface area contributed by atoms with Crippen LogP contribution in [0.25, 0.3) is 0 Å². The zero-order valence-corrected chi connectivity index (χ0v) is 11.5. The second kappa shape index (κ2) is 7.63. The Hall–Kier alpha value is -0.750. The van der Waals surface area contributed by atoms with Crippen molar-refractivity contribution < 1.29 is 17.9 Å². The summed E-state index contributed by atoms with van der Waals surface area (Å²) in [6, 6.07) is 0. The summed E-state index contributed by atoms with van der Waals surface area (Å²) in [6.45, 7) is 0.847. The first-order valence-corrected chi connectivity index (χ1v) is 7.78. The van der Waals surface area contributed by atoms with Gasteiger partial charge in [0.15, 0.2) is 0 Å². The minimum absolute atomic E-state index is 0.0334. The Balaban J connectivity index is 2.76. The van der Waals surface area contributed by atoms with Crippen molar-refractivity contribution in [3.8, 4) is 0 Å². The van der Waals surface area contributed by atoms with E-state index in [0.29, 0.717) is 26.0 Å². The van der Waals surface area contributed by atoms with E-state index >= 15 is 0 Å². The maximum absolute atomic E-state index is 12.2. The highest BCUT2D eigenvalue weighted by Gasteiger charge is 2.30. The molecule has 104 valence electrons. The van der Waals surface area contributed by atoms with Crippen LogP contribution in [0.1, 0.15) is 32.1 Å². The van der Waals surface area contributed by atoms with Gasteiger partial charge in [0.25, 0.3) is 0 Å². The van der Waals surface area contributed by atoms with Crippen LogP contribution in [0.3, 0.4) is 0 Å². The van der Waals surface area contributed by atoms with Crippen molar-refractivity contribution in [1.29, 1.82) is 0 Å². The van der Waals surface area contributed by atoms with E-state index in [2.05, 4.69) is 4.99 Å². The van der Waals surface area contributed by atoms with Gasteiger partial charge in [0.1, 0.15) is 6.17 Å². The van der Waals surface area contributed by atoms with E-state index in [1.165, 1.54) is 17.5 Å². The SMILES string of the molecule is COCCCS(=O)(=O)N1CCCCCC1N=C=O. The van der Waals surface area contributed by atoms with Crippen LogP contribution in [0.5, 0.6) is 0 Å². The lowest BCUT2D eigenvalue weighted by Crippen LogP contribution is -2.40. The summed E-state index contributed by atoms with van der Waals surface area (Å²) in [5, 5.41) is 0. The van der Waals surface area contributed by atoms with Gasteiger partial charge in [-0.15, -0.1) is 0 Å². The van der Waals surface area contributed by atoms with E-state index in [1.807, 2.05) is 0 Å². The summed E-state index contributed by atoms with van der Waals surface area (Å²) in [4.78, 5) is 14.0. The zero-order valence-electron chi connectivity index (χ0n) is 10.7. The number of methoxy groups -OCH3 is 1. The van der Waals surface area contributed by atoms with Gasteiger partial charge in [-0.2, -0.15) is 9.30 Å². The highest BCUT2D eigenvalue weighted by Crippen LogP contribution is 2.21. The molecular weight excluding hydrogens is 256 g/mol. The van der Waals surface area contributed by atoms with Crippen molar-refractivity contribution in [1.82, 2.24) is 4.31 Å². The van der Waals surface area contributed by atoms with Crippen molar-refractivity contribution in [3.05, 3.63) is 0 Å². The average Bonchev–Trinajstić information content (AvgIpc) is 2.56. The van der Waals surface area contributed by atoms with Crippen LogP contribution < -0.4 is 0 Å². The average molecular weight is 276 g/mol. The third kappa shape index (κ3) is 4.49. The Morgan fingerprint density at radius 3 is 2.83 bits per heavy atom. The van der Waals surface area contributed by atoms with Gasteiger partial charge in [0.05, 0.1) is 5.75 Å². The molecule has 0 aliphatic carbocycles. The lowest BCUT2D eigenvalue weighted by molar-refractivity contribution is 0.199. The molecule has 0 radical (unpaired) electrons. The number of carbonyl (C=O) groups excluding carboxylic acids is 1. The number of ether oxygens (including phenoxy) is 1. The summed E-state index contributed by atoms with van der Waals surface area (Å²) >= 11 is 0. The van der Waals surface area contributed by atoms with E-state index in [9.17, 15) is 13.2 Å². The number of isocyanates is 1. The summed E-state index contributed by atoms with van der Waals surface area (Å²) in [5.74, 6) is 0.0334. The lowest BCUT2D eigenvalue weighted by Gasteiger charge is -2.25. The zero-order chi connectivity index (χ0) is 13.4. The summed E-state index contributed by atoms with van der Waals surface area (Å²) in [7, 11) is -1.83. The van der Waals surface area contributed by atoms with Gasteiger partial charge in [0, 0.05) is 20.3 Å². The highest BCUT2D eigenvalue weighted by atomic mass is 32.2. The third-order valence-electron chi connectivity index (χ3n) is 2.98. The molecule has 6 nitrogen and oxygen atoms in total. The number of aliphatic imine (C=N–C) groups is 1. The fourth-order valence-electron chi connectivity index (χ4n) is 2.08. The Labute approximate surface area is 108 Å². The number of hydrogen-bond donors (Lipinski definition) is 0. The quantitative estimate of drug-likeness (QED) is 0.410. The molecule has 0 amide bonds. The van der Waals surface area contributed by atoms with E-state index in [4.69, 9.17) is 4.74 Å². The second-order valence-corrected chi connectivity index (χ2v) is 6.36. The van der Waals surface area contributed by atoms with Gasteiger partial charge >= 0.3 is 0 Å². The Bertz CT molecular complexity index is 390. The first-order chi connectivity index (χ1) is 8.61. The summed E-state index contributed by atoms with van der Waals surface area (Å²) < 4.78 is 30.6. The Morgan fingerprint density at radius 1 is 1.39 bits per heavy atom. The molecule has 1 unspecified atom stereocenters. The van der Waals surface area contributed by atoms with Crippen molar-refractivity contribution in [2.75, 3.05) is 26.0 Å². The molecule has 18 heavy (non-hydrogen) atoms. The van der Waals surface area contributed by atoms with Crippen LogP contribution in [0, 0.1) is 0 Å². The topological polar surface area (TPSA) is 76.0 Å². The largest absolute Gasteiger partial charge is 0.385 e. The van der Waals surface area contributed by atoms with Crippen molar-refractivity contribution in [3.63, 3.8) is 0 Å². The molecule has 1 heterocycles. The van der Waals surface area contributed by atoms with Crippen LogP contribution in [0.2, 0.25) is 0 Å². The van der Waals surface area contributed by atoms with Crippen molar-refractivity contribution >= 4 is 16.1 Å². The van der Waals surface area contributed by atoms with Gasteiger partial charge in [-0.05, 0) is 25.7 Å². The predicted octanol–water partition coefficient (Wildman–Crippen LogP) is 0.891. The molecule has 1 fully saturated rings. The van der Waals surface area contributed by atoms with Crippen LogP contribution in [0.4, 0.5) is 0 Å². The van der Waals surface area contributed by atoms with Gasteiger partial charge in [-0.3, -0.25) is 0 Å². The molecular formula is C11H20N2O4S. The van der Waals surface area contributed by atoms with Crippen LogP contribution in [-0.2, 0) is 19.6 Å². The van der Waals surface area contributed by atoms with E-state index < -0.39 is 16.2 Å². The fourth-order valence-corrected chi connectivity index (χ4v) is 3.73. The standard InChI is InChI=1S/C11H20N2O4S/c1-17-8-5-9-18(15,16)13-7-4-2-3-6-11(13)12-10-14/h11H,2-9H2,1H3. The molecule has 1 saturated heterocycles. The molecule has 0 aromatic carbocycles. The van der Waals surface area contributed by atoms with Gasteiger partial charge in [-0.25, -0.2) is 13.2 Å². The number of hydrogen-bond acceptors (Lipinski definition) is 5.